The number of aryl methyl sites for hydroxylation is 1. The highest BCUT2D eigenvalue weighted by Crippen LogP contribution is 2.26. The highest BCUT2D eigenvalue weighted by molar-refractivity contribution is 6.33. The molecule has 128 valence electrons. The molecular formula is C19H13ClN4O2. The first-order valence-corrected chi connectivity index (χ1v) is 8.24. The summed E-state index contributed by atoms with van der Waals surface area (Å²) < 4.78 is 5.30. The molecule has 0 atom stereocenters. The number of benzene rings is 1. The zero-order valence-electron chi connectivity index (χ0n) is 13.8. The second kappa shape index (κ2) is 6.57. The van der Waals surface area contributed by atoms with Crippen LogP contribution in [0.3, 0.4) is 0 Å². The quantitative estimate of drug-likeness (QED) is 0.522. The minimum absolute atomic E-state index is 0.186. The summed E-state index contributed by atoms with van der Waals surface area (Å²) >= 11 is 6.06. The predicted octanol–water partition coefficient (Wildman–Crippen LogP) is 3.87. The van der Waals surface area contributed by atoms with Crippen LogP contribution in [0.15, 0.2) is 69.9 Å². The van der Waals surface area contributed by atoms with Gasteiger partial charge in [-0.05, 0) is 25.1 Å². The van der Waals surface area contributed by atoms with Crippen molar-refractivity contribution in [2.45, 2.75) is 6.92 Å². The van der Waals surface area contributed by atoms with E-state index < -0.39 is 0 Å². The standard InChI is InChI=1S/C19H13ClN4O2/c1-12-10-16(20)23-19(21-12)24-17(13-6-3-2-4-7-13)22-15(18(24)25)11-14-8-5-9-26-14/h2-11H,1H3/b15-11+. The lowest BCUT2D eigenvalue weighted by Crippen LogP contribution is -2.34. The highest BCUT2D eigenvalue weighted by Gasteiger charge is 2.34. The van der Waals surface area contributed by atoms with Gasteiger partial charge in [0.1, 0.15) is 16.6 Å². The number of carbonyl (C=O) groups excluding carboxylic acids is 1. The Bertz CT molecular complexity index is 1010. The van der Waals surface area contributed by atoms with Gasteiger partial charge in [0.05, 0.1) is 6.26 Å². The normalized spacial score (nSPS) is 15.6. The average Bonchev–Trinajstić information content (AvgIpc) is 3.24. The zero-order chi connectivity index (χ0) is 18.1. The fourth-order valence-corrected chi connectivity index (χ4v) is 2.84. The molecule has 0 saturated heterocycles. The largest absolute Gasteiger partial charge is 0.465 e. The van der Waals surface area contributed by atoms with Crippen molar-refractivity contribution in [3.63, 3.8) is 0 Å². The lowest BCUT2D eigenvalue weighted by molar-refractivity contribution is -0.113. The summed E-state index contributed by atoms with van der Waals surface area (Å²) in [6, 6.07) is 14.5. The number of amides is 1. The van der Waals surface area contributed by atoms with Crippen LogP contribution in [0.4, 0.5) is 5.95 Å². The molecular weight excluding hydrogens is 352 g/mol. The third-order valence-electron chi connectivity index (χ3n) is 3.73. The monoisotopic (exact) mass is 364 g/mol. The Balaban J connectivity index is 1.86. The van der Waals surface area contributed by atoms with Crippen molar-refractivity contribution in [2.75, 3.05) is 4.90 Å². The van der Waals surface area contributed by atoms with Crippen molar-refractivity contribution >= 4 is 35.4 Å². The molecule has 3 aromatic rings. The summed E-state index contributed by atoms with van der Waals surface area (Å²) in [5, 5.41) is 0.260. The van der Waals surface area contributed by atoms with Gasteiger partial charge < -0.3 is 4.42 Å². The maximum Gasteiger partial charge on any atom is 0.285 e. The molecule has 6 nitrogen and oxygen atoms in total. The van der Waals surface area contributed by atoms with Crippen molar-refractivity contribution < 1.29 is 9.21 Å². The molecule has 1 aromatic carbocycles. The highest BCUT2D eigenvalue weighted by atomic mass is 35.5. The third kappa shape index (κ3) is 3.02. The molecule has 0 aliphatic carbocycles. The number of anilines is 1. The number of halogens is 1. The molecule has 0 fully saturated rings. The van der Waals surface area contributed by atoms with Gasteiger partial charge in [0.25, 0.3) is 5.91 Å². The van der Waals surface area contributed by atoms with E-state index in [0.717, 1.165) is 5.56 Å². The first-order valence-electron chi connectivity index (χ1n) is 7.87. The number of hydrogen-bond donors (Lipinski definition) is 0. The SMILES string of the molecule is Cc1cc(Cl)nc(N2C(=O)/C(=C\c3ccco3)N=C2c2ccccc2)n1. The van der Waals surface area contributed by atoms with E-state index in [-0.39, 0.29) is 22.7 Å². The molecule has 0 radical (unpaired) electrons. The van der Waals surface area contributed by atoms with E-state index in [1.165, 1.54) is 11.2 Å². The molecule has 0 bridgehead atoms. The summed E-state index contributed by atoms with van der Waals surface area (Å²) in [5.74, 6) is 0.817. The maximum atomic E-state index is 13.0. The Morgan fingerprint density at radius 2 is 1.92 bits per heavy atom. The van der Waals surface area contributed by atoms with Crippen LogP contribution in [0.5, 0.6) is 0 Å². The van der Waals surface area contributed by atoms with Gasteiger partial charge in [-0.3, -0.25) is 4.79 Å². The molecule has 0 saturated carbocycles. The molecule has 1 aliphatic rings. The number of hydrogen-bond acceptors (Lipinski definition) is 5. The predicted molar refractivity (Wildman–Crippen MR) is 98.9 cm³/mol. The van der Waals surface area contributed by atoms with Gasteiger partial charge in [-0.2, -0.15) is 0 Å². The molecule has 26 heavy (non-hydrogen) atoms. The van der Waals surface area contributed by atoms with Crippen molar-refractivity contribution in [3.05, 3.63) is 82.7 Å². The fraction of sp³-hybridized carbons (Fsp3) is 0.0526. The molecule has 0 spiro atoms. The molecule has 4 rings (SSSR count). The summed E-state index contributed by atoms with van der Waals surface area (Å²) in [7, 11) is 0. The molecule has 1 amide bonds. The minimum Gasteiger partial charge on any atom is -0.465 e. The third-order valence-corrected chi connectivity index (χ3v) is 3.92. The number of amidine groups is 1. The Morgan fingerprint density at radius 1 is 1.12 bits per heavy atom. The zero-order valence-corrected chi connectivity index (χ0v) is 14.5. The smallest absolute Gasteiger partial charge is 0.285 e. The van der Waals surface area contributed by atoms with E-state index in [4.69, 9.17) is 16.0 Å². The van der Waals surface area contributed by atoms with Crippen LogP contribution in [-0.4, -0.2) is 21.7 Å². The van der Waals surface area contributed by atoms with Gasteiger partial charge in [0.2, 0.25) is 5.95 Å². The van der Waals surface area contributed by atoms with E-state index in [2.05, 4.69) is 15.0 Å². The number of nitrogens with zero attached hydrogens (tertiary/aromatic N) is 4. The first-order chi connectivity index (χ1) is 12.6. The van der Waals surface area contributed by atoms with E-state index in [9.17, 15) is 4.79 Å². The van der Waals surface area contributed by atoms with Gasteiger partial charge in [-0.15, -0.1) is 0 Å². The number of aliphatic imine (C=N–C) groups is 1. The second-order valence-corrected chi connectivity index (χ2v) is 6.01. The Hall–Kier alpha value is -3.25. The van der Waals surface area contributed by atoms with Crippen LogP contribution < -0.4 is 4.90 Å². The van der Waals surface area contributed by atoms with Crippen LogP contribution in [-0.2, 0) is 4.79 Å². The van der Waals surface area contributed by atoms with Gasteiger partial charge in [0.15, 0.2) is 5.84 Å². The second-order valence-electron chi connectivity index (χ2n) is 5.62. The summed E-state index contributed by atoms with van der Waals surface area (Å²) in [5.41, 5.74) is 1.66. The van der Waals surface area contributed by atoms with E-state index >= 15 is 0 Å². The summed E-state index contributed by atoms with van der Waals surface area (Å²) in [6.07, 6.45) is 3.12. The molecule has 7 heteroatoms. The number of aromatic nitrogens is 2. The van der Waals surface area contributed by atoms with E-state index in [1.807, 2.05) is 30.3 Å². The van der Waals surface area contributed by atoms with Crippen molar-refractivity contribution in [3.8, 4) is 0 Å². The van der Waals surface area contributed by atoms with Crippen LogP contribution in [0, 0.1) is 6.92 Å². The number of furan rings is 1. The molecule has 1 aliphatic heterocycles. The van der Waals surface area contributed by atoms with Crippen molar-refractivity contribution in [1.82, 2.24) is 9.97 Å². The average molecular weight is 365 g/mol. The fourth-order valence-electron chi connectivity index (χ4n) is 2.61. The van der Waals surface area contributed by atoms with Crippen LogP contribution in [0.25, 0.3) is 6.08 Å². The molecule has 2 aromatic heterocycles. The summed E-state index contributed by atoms with van der Waals surface area (Å²) in [6.45, 7) is 1.79. The van der Waals surface area contributed by atoms with Crippen LogP contribution in [0.2, 0.25) is 5.15 Å². The molecule has 0 N–H and O–H groups in total. The topological polar surface area (TPSA) is 71.6 Å². The van der Waals surface area contributed by atoms with Crippen molar-refractivity contribution in [2.24, 2.45) is 4.99 Å². The molecule has 0 unspecified atom stereocenters. The molecule has 3 heterocycles. The van der Waals surface area contributed by atoms with Crippen LogP contribution in [0.1, 0.15) is 17.0 Å². The van der Waals surface area contributed by atoms with Crippen molar-refractivity contribution in [1.29, 1.82) is 0 Å². The number of rotatable bonds is 3. The summed E-state index contributed by atoms with van der Waals surface area (Å²) in [4.78, 5) is 27.4. The first kappa shape index (κ1) is 16.2. The van der Waals surface area contributed by atoms with Gasteiger partial charge in [-0.25, -0.2) is 19.9 Å². The Labute approximate surface area is 154 Å². The van der Waals surface area contributed by atoms with Gasteiger partial charge in [-0.1, -0.05) is 41.9 Å². The maximum absolute atomic E-state index is 13.0. The van der Waals surface area contributed by atoms with Crippen LogP contribution >= 0.6 is 11.6 Å². The Kier molecular flexibility index (Phi) is 4.10. The van der Waals surface area contributed by atoms with E-state index in [0.29, 0.717) is 17.3 Å². The minimum atomic E-state index is -0.345. The Morgan fingerprint density at radius 3 is 2.62 bits per heavy atom. The van der Waals surface area contributed by atoms with Gasteiger partial charge >= 0.3 is 0 Å². The number of carbonyl (C=O) groups is 1. The van der Waals surface area contributed by atoms with Gasteiger partial charge in [0, 0.05) is 17.3 Å². The van der Waals surface area contributed by atoms with E-state index in [1.54, 1.807) is 31.2 Å². The lowest BCUT2D eigenvalue weighted by Gasteiger charge is -2.16. The lowest BCUT2D eigenvalue weighted by atomic mass is 10.2.